The Labute approximate surface area is 155 Å². The summed E-state index contributed by atoms with van der Waals surface area (Å²) in [5.74, 6) is -0.288. The minimum absolute atomic E-state index is 0.131. The largest absolute Gasteiger partial charge is 0.349 e. The molecule has 5 heteroatoms. The van der Waals surface area contributed by atoms with Gasteiger partial charge in [-0.3, -0.25) is 9.59 Å². The molecule has 0 aromatic heterocycles. The molecule has 0 aliphatic rings. The van der Waals surface area contributed by atoms with Gasteiger partial charge in [0.25, 0.3) is 0 Å². The summed E-state index contributed by atoms with van der Waals surface area (Å²) in [7, 11) is 0. The first kappa shape index (κ1) is 19.7. The Kier molecular flexibility index (Phi) is 7.36. The van der Waals surface area contributed by atoms with E-state index in [4.69, 9.17) is 0 Å². The summed E-state index contributed by atoms with van der Waals surface area (Å²) in [6.07, 6.45) is 0.179. The van der Waals surface area contributed by atoms with Crippen molar-refractivity contribution in [2.24, 2.45) is 0 Å². The molecule has 0 spiro atoms. The van der Waals surface area contributed by atoms with Crippen LogP contribution in [-0.2, 0) is 16.1 Å². The van der Waals surface area contributed by atoms with E-state index in [0.29, 0.717) is 6.54 Å². The van der Waals surface area contributed by atoms with Crippen molar-refractivity contribution in [3.63, 3.8) is 0 Å². The maximum atomic E-state index is 12.6. The second-order valence-corrected chi connectivity index (χ2v) is 6.35. The molecule has 138 valence electrons. The van der Waals surface area contributed by atoms with E-state index in [9.17, 15) is 9.59 Å². The maximum Gasteiger partial charge on any atom is 0.226 e. The highest BCUT2D eigenvalue weighted by atomic mass is 16.2. The lowest BCUT2D eigenvalue weighted by molar-refractivity contribution is -0.120. The van der Waals surface area contributed by atoms with Gasteiger partial charge in [0, 0.05) is 19.2 Å². The van der Waals surface area contributed by atoms with Crippen LogP contribution in [0.2, 0.25) is 0 Å². The number of rotatable bonds is 8. The van der Waals surface area contributed by atoms with Crippen LogP contribution in [0, 0.1) is 6.92 Å². The standard InChI is InChI=1S/C21H27N3O2/c1-4-22-14-18-7-5-6-8-19(18)24-21(26)13-20(23-16(3)25)17-11-9-15(2)10-12-17/h5-12,20,22H,4,13-14H2,1-3H3,(H,23,25)(H,24,26). The highest BCUT2D eigenvalue weighted by Gasteiger charge is 2.17. The molecule has 0 radical (unpaired) electrons. The van der Waals surface area contributed by atoms with Gasteiger partial charge in [-0.15, -0.1) is 0 Å². The fraction of sp³-hybridized carbons (Fsp3) is 0.333. The van der Waals surface area contributed by atoms with Crippen LogP contribution in [0.25, 0.3) is 0 Å². The predicted molar refractivity (Wildman–Crippen MR) is 105 cm³/mol. The van der Waals surface area contributed by atoms with E-state index in [-0.39, 0.29) is 24.3 Å². The molecule has 0 bridgehead atoms. The van der Waals surface area contributed by atoms with Crippen LogP contribution < -0.4 is 16.0 Å². The molecular formula is C21H27N3O2. The Bertz CT molecular complexity index is 741. The molecule has 1 atom stereocenters. The molecule has 2 amide bonds. The van der Waals surface area contributed by atoms with Crippen LogP contribution in [0.3, 0.4) is 0 Å². The maximum absolute atomic E-state index is 12.6. The van der Waals surface area contributed by atoms with E-state index in [2.05, 4.69) is 16.0 Å². The number of carbonyl (C=O) groups excluding carboxylic acids is 2. The van der Waals surface area contributed by atoms with Gasteiger partial charge in [0.2, 0.25) is 11.8 Å². The Morgan fingerprint density at radius 3 is 2.38 bits per heavy atom. The third-order valence-electron chi connectivity index (χ3n) is 4.10. The topological polar surface area (TPSA) is 70.2 Å². The number of anilines is 1. The van der Waals surface area contributed by atoms with Crippen molar-refractivity contribution in [3.8, 4) is 0 Å². The molecule has 2 aromatic carbocycles. The molecule has 1 unspecified atom stereocenters. The quantitative estimate of drug-likeness (QED) is 0.682. The Morgan fingerprint density at radius 1 is 1.04 bits per heavy atom. The molecule has 0 saturated heterocycles. The van der Waals surface area contributed by atoms with E-state index < -0.39 is 0 Å². The highest BCUT2D eigenvalue weighted by molar-refractivity contribution is 5.92. The number of carbonyl (C=O) groups is 2. The van der Waals surface area contributed by atoms with Gasteiger partial charge in [-0.2, -0.15) is 0 Å². The number of hydrogen-bond donors (Lipinski definition) is 3. The van der Waals surface area contributed by atoms with Crippen molar-refractivity contribution in [2.75, 3.05) is 11.9 Å². The molecule has 5 nitrogen and oxygen atoms in total. The Morgan fingerprint density at radius 2 is 1.73 bits per heavy atom. The Hall–Kier alpha value is -2.66. The molecule has 2 rings (SSSR count). The summed E-state index contributed by atoms with van der Waals surface area (Å²) >= 11 is 0. The first-order valence-electron chi connectivity index (χ1n) is 8.91. The SMILES string of the molecule is CCNCc1ccccc1NC(=O)CC(NC(C)=O)c1ccc(C)cc1. The summed E-state index contributed by atoms with van der Waals surface area (Å²) in [5, 5.41) is 9.11. The summed E-state index contributed by atoms with van der Waals surface area (Å²) in [6, 6.07) is 15.2. The predicted octanol–water partition coefficient (Wildman–Crippen LogP) is 3.31. The van der Waals surface area contributed by atoms with Crippen molar-refractivity contribution >= 4 is 17.5 Å². The molecule has 3 N–H and O–H groups in total. The van der Waals surface area contributed by atoms with Gasteiger partial charge in [0.15, 0.2) is 0 Å². The monoisotopic (exact) mass is 353 g/mol. The van der Waals surface area contributed by atoms with E-state index in [1.165, 1.54) is 6.92 Å². The van der Waals surface area contributed by atoms with Crippen molar-refractivity contribution < 1.29 is 9.59 Å². The fourth-order valence-electron chi connectivity index (χ4n) is 2.74. The molecule has 0 fully saturated rings. The minimum atomic E-state index is -0.353. The van der Waals surface area contributed by atoms with E-state index in [1.807, 2.05) is 62.4 Å². The number of para-hydroxylation sites is 1. The molecule has 0 heterocycles. The minimum Gasteiger partial charge on any atom is -0.349 e. The lowest BCUT2D eigenvalue weighted by Crippen LogP contribution is -2.30. The number of hydrogen-bond acceptors (Lipinski definition) is 3. The molecular weight excluding hydrogens is 326 g/mol. The number of amides is 2. The number of aryl methyl sites for hydroxylation is 1. The smallest absolute Gasteiger partial charge is 0.226 e. The van der Waals surface area contributed by atoms with Crippen molar-refractivity contribution in [2.45, 2.75) is 39.8 Å². The lowest BCUT2D eigenvalue weighted by Gasteiger charge is -2.19. The van der Waals surface area contributed by atoms with Crippen LogP contribution in [0.1, 0.15) is 43.0 Å². The average molecular weight is 353 g/mol. The lowest BCUT2D eigenvalue weighted by atomic mass is 10.0. The zero-order valence-corrected chi connectivity index (χ0v) is 15.6. The first-order chi connectivity index (χ1) is 12.5. The van der Waals surface area contributed by atoms with Crippen LogP contribution in [0.5, 0.6) is 0 Å². The van der Waals surface area contributed by atoms with E-state index >= 15 is 0 Å². The fourth-order valence-corrected chi connectivity index (χ4v) is 2.74. The number of nitrogens with one attached hydrogen (secondary N) is 3. The van der Waals surface area contributed by atoms with Crippen molar-refractivity contribution in [3.05, 3.63) is 65.2 Å². The van der Waals surface area contributed by atoms with Gasteiger partial charge in [-0.05, 0) is 30.7 Å². The molecule has 0 saturated carbocycles. The zero-order chi connectivity index (χ0) is 18.9. The van der Waals surface area contributed by atoms with Crippen LogP contribution >= 0.6 is 0 Å². The molecule has 26 heavy (non-hydrogen) atoms. The summed E-state index contributed by atoms with van der Waals surface area (Å²) in [6.45, 7) is 7.07. The van der Waals surface area contributed by atoms with Gasteiger partial charge in [0.1, 0.15) is 0 Å². The van der Waals surface area contributed by atoms with Gasteiger partial charge in [0.05, 0.1) is 12.5 Å². The highest BCUT2D eigenvalue weighted by Crippen LogP contribution is 2.20. The zero-order valence-electron chi connectivity index (χ0n) is 15.6. The van der Waals surface area contributed by atoms with Crippen LogP contribution in [0.15, 0.2) is 48.5 Å². The van der Waals surface area contributed by atoms with Gasteiger partial charge < -0.3 is 16.0 Å². The van der Waals surface area contributed by atoms with E-state index in [0.717, 1.165) is 28.9 Å². The summed E-state index contributed by atoms with van der Waals surface area (Å²) in [5.41, 5.74) is 3.89. The molecule has 2 aromatic rings. The Balaban J connectivity index is 2.10. The number of benzene rings is 2. The normalized spacial score (nSPS) is 11.7. The van der Waals surface area contributed by atoms with Crippen LogP contribution in [0.4, 0.5) is 5.69 Å². The van der Waals surface area contributed by atoms with Gasteiger partial charge >= 0.3 is 0 Å². The summed E-state index contributed by atoms with van der Waals surface area (Å²) in [4.78, 5) is 24.1. The van der Waals surface area contributed by atoms with Crippen molar-refractivity contribution in [1.29, 1.82) is 0 Å². The van der Waals surface area contributed by atoms with Crippen LogP contribution in [-0.4, -0.2) is 18.4 Å². The summed E-state index contributed by atoms with van der Waals surface area (Å²) < 4.78 is 0. The average Bonchev–Trinajstić information content (AvgIpc) is 2.60. The second-order valence-electron chi connectivity index (χ2n) is 6.35. The third kappa shape index (κ3) is 6.01. The molecule has 0 aliphatic carbocycles. The van der Waals surface area contributed by atoms with Gasteiger partial charge in [-0.1, -0.05) is 55.0 Å². The van der Waals surface area contributed by atoms with Gasteiger partial charge in [-0.25, -0.2) is 0 Å². The second kappa shape index (κ2) is 9.73. The third-order valence-corrected chi connectivity index (χ3v) is 4.10. The first-order valence-corrected chi connectivity index (χ1v) is 8.91. The van der Waals surface area contributed by atoms with Crippen molar-refractivity contribution in [1.82, 2.24) is 10.6 Å². The van der Waals surface area contributed by atoms with E-state index in [1.54, 1.807) is 0 Å². The molecule has 0 aliphatic heterocycles.